The van der Waals surface area contributed by atoms with E-state index in [1.54, 1.807) is 12.5 Å². The molecule has 1 nitrogen and oxygen atoms in total. The molecule has 0 radical (unpaired) electrons. The Kier molecular flexibility index (Phi) is 26.4. The third-order valence-corrected chi connectivity index (χ3v) is 17.1. The number of ketones is 1. The van der Waals surface area contributed by atoms with Crippen molar-refractivity contribution < 1.29 is 56.7 Å². The number of thioether (sulfide) groups is 3. The summed E-state index contributed by atoms with van der Waals surface area (Å²) in [4.78, 5) is 10.7. The summed E-state index contributed by atoms with van der Waals surface area (Å²) in [6, 6.07) is 43.9. The predicted molar refractivity (Wildman–Crippen MR) is 278 cm³/mol. The molecule has 0 aliphatic carbocycles. The number of alkyl halides is 9. The maximum absolute atomic E-state index is 12.7. The summed E-state index contributed by atoms with van der Waals surface area (Å²) in [5, 5.41) is 7.14. The smallest absolute Gasteiger partial charge is 0.454 e. The summed E-state index contributed by atoms with van der Waals surface area (Å²) in [6.45, 7) is 0. The largest absolute Gasteiger partial charge is 1.00 e. The summed E-state index contributed by atoms with van der Waals surface area (Å²) in [6.07, 6.45) is -8.43. The van der Waals surface area contributed by atoms with Gasteiger partial charge in [0.05, 0.1) is 11.1 Å². The molecule has 0 saturated heterocycles. The second-order valence-corrected chi connectivity index (χ2v) is 22.4. The number of allylic oxidation sites excluding steroid dienone is 2. The monoisotopic (exact) mass is 1170 g/mol. The topological polar surface area (TPSA) is 17.1 Å². The van der Waals surface area contributed by atoms with Crippen molar-refractivity contribution in [2.45, 2.75) is 18.5 Å². The standard InChI is InChI=1S/C20H20PS.2C10H7Cl2F3S.C8H3Cl2F3O.ClH/c1-22-17-21(18-11-5-2-6-12-18,19-13-7-3-8-14-19)20-15-9-4-10-16-20;2*1-16-5-9(10(13,14)15)6-2-7(11)4-8(12)3-6;9-5-1-4(2-6(10)3-5)7(14)8(11,12)13;/h2-16H,17H2,1H3;2*2-5H,1H3;1-3H;1H/q+1;;;;/p-1/b;9-5+;9-5-;;. The molecule has 0 fully saturated rings. The van der Waals surface area contributed by atoms with Gasteiger partial charge in [0.15, 0.2) is 0 Å². The van der Waals surface area contributed by atoms with Crippen LogP contribution in [0.1, 0.15) is 21.5 Å². The second-order valence-electron chi connectivity index (χ2n) is 13.6. The fraction of sp³-hybridized carbons (Fsp3) is 0.146. The minimum absolute atomic E-state index is 0. The molecular formula is C48H37Cl7F9OPS3. The van der Waals surface area contributed by atoms with Crippen molar-refractivity contribution >= 4 is 145 Å². The lowest BCUT2D eigenvalue weighted by Gasteiger charge is -2.26. The van der Waals surface area contributed by atoms with E-state index < -0.39 is 48.3 Å². The van der Waals surface area contributed by atoms with E-state index in [-0.39, 0.29) is 53.7 Å². The van der Waals surface area contributed by atoms with Gasteiger partial charge in [-0.15, -0.1) is 35.3 Å². The first-order chi connectivity index (χ1) is 31.9. The molecule has 6 aromatic rings. The lowest BCUT2D eigenvalue weighted by atomic mass is 10.1. The van der Waals surface area contributed by atoms with Crippen LogP contribution in [0.5, 0.6) is 0 Å². The van der Waals surface area contributed by atoms with E-state index in [9.17, 15) is 44.3 Å². The molecule has 0 aromatic heterocycles. The number of carbonyl (C=O) groups is 1. The first-order valence-electron chi connectivity index (χ1n) is 19.0. The fourth-order valence-corrected chi connectivity index (χ4v) is 14.9. The molecule has 21 heteroatoms. The van der Waals surface area contributed by atoms with Gasteiger partial charge in [0.1, 0.15) is 28.7 Å². The van der Waals surface area contributed by atoms with Gasteiger partial charge >= 0.3 is 18.5 Å². The van der Waals surface area contributed by atoms with Crippen molar-refractivity contribution in [3.63, 3.8) is 0 Å². The zero-order valence-corrected chi connectivity index (χ0v) is 44.5. The van der Waals surface area contributed by atoms with E-state index in [2.05, 4.69) is 97.3 Å². The van der Waals surface area contributed by atoms with Crippen LogP contribution in [0.25, 0.3) is 11.1 Å². The Balaban J connectivity index is 0.000000319. The van der Waals surface area contributed by atoms with Crippen LogP contribution in [0.15, 0.2) is 156 Å². The number of Topliss-reactive ketones (excluding diaryl/α,β-unsaturated/α-hetero) is 1. The van der Waals surface area contributed by atoms with Crippen LogP contribution in [0, 0.1) is 0 Å². The molecule has 69 heavy (non-hydrogen) atoms. The Labute approximate surface area is 444 Å². The Bertz CT molecular complexity index is 2380. The van der Waals surface area contributed by atoms with Crippen LogP contribution in [-0.4, -0.2) is 48.6 Å². The number of carbonyl (C=O) groups excluding carboxylic acids is 1. The Hall–Kier alpha value is -2.65. The second kappa shape index (κ2) is 29.2. The van der Waals surface area contributed by atoms with Crippen molar-refractivity contribution in [3.05, 3.63) is 203 Å². The maximum Gasteiger partial charge on any atom is 0.454 e. The zero-order chi connectivity index (χ0) is 50.9. The highest BCUT2D eigenvalue weighted by atomic mass is 35.5. The summed E-state index contributed by atoms with van der Waals surface area (Å²) in [5.41, 5.74) is -0.979. The van der Waals surface area contributed by atoms with Gasteiger partial charge in [0, 0.05) is 35.7 Å². The first kappa shape index (κ1) is 62.5. The molecule has 0 amide bonds. The molecule has 0 N–H and O–H groups in total. The molecule has 6 aromatic carbocycles. The van der Waals surface area contributed by atoms with Gasteiger partial charge in [0.2, 0.25) is 0 Å². The molecule has 0 aliphatic rings. The van der Waals surface area contributed by atoms with Gasteiger partial charge in [0.25, 0.3) is 5.78 Å². The van der Waals surface area contributed by atoms with Crippen LogP contribution >= 0.6 is 112 Å². The van der Waals surface area contributed by atoms with Crippen LogP contribution in [-0.2, 0) is 0 Å². The zero-order valence-electron chi connectivity index (χ0n) is 35.8. The minimum Gasteiger partial charge on any atom is -1.00 e. The van der Waals surface area contributed by atoms with Crippen molar-refractivity contribution in [2.24, 2.45) is 0 Å². The third-order valence-electron chi connectivity index (χ3n) is 8.73. The lowest BCUT2D eigenvalue weighted by molar-refractivity contribution is -0.0885. The van der Waals surface area contributed by atoms with Gasteiger partial charge in [-0.1, -0.05) is 124 Å². The highest BCUT2D eigenvalue weighted by molar-refractivity contribution is 8.12. The van der Waals surface area contributed by atoms with Crippen LogP contribution < -0.4 is 28.3 Å². The fourth-order valence-electron chi connectivity index (χ4n) is 6.01. The van der Waals surface area contributed by atoms with E-state index >= 15 is 0 Å². The number of hydrogen-bond acceptors (Lipinski definition) is 4. The van der Waals surface area contributed by atoms with E-state index in [0.717, 1.165) is 52.0 Å². The quantitative estimate of drug-likeness (QED) is 0.0772. The van der Waals surface area contributed by atoms with Gasteiger partial charge < -0.3 is 12.4 Å². The van der Waals surface area contributed by atoms with E-state index in [0.29, 0.717) is 0 Å². The number of benzene rings is 6. The summed E-state index contributed by atoms with van der Waals surface area (Å²) in [7, 11) is -1.59. The third kappa shape index (κ3) is 19.7. The normalized spacial score (nSPS) is 12.0. The van der Waals surface area contributed by atoms with E-state index in [4.69, 9.17) is 69.6 Å². The molecule has 0 atom stereocenters. The Morgan fingerprint density at radius 3 is 0.928 bits per heavy atom. The average Bonchev–Trinajstić information content (AvgIpc) is 3.26. The molecule has 0 unspecified atom stereocenters. The van der Waals surface area contributed by atoms with Gasteiger partial charge in [-0.05, 0) is 132 Å². The minimum atomic E-state index is -4.91. The SMILES string of the molecule is CS/C=C(/c1cc(Cl)cc(Cl)c1)C(F)(F)F.CS/C=C(\c1cc(Cl)cc(Cl)c1)C(F)(F)F.CSC[P+](c1ccccc1)(c1ccccc1)c1ccccc1.O=C(c1cc(Cl)cc(Cl)c1)C(F)(F)F.[Cl-]. The molecule has 0 spiro atoms. The average molecular weight is 1180 g/mol. The van der Waals surface area contributed by atoms with Crippen molar-refractivity contribution in [1.29, 1.82) is 0 Å². The molecule has 370 valence electrons. The Morgan fingerprint density at radius 1 is 0.449 bits per heavy atom. The first-order valence-corrected chi connectivity index (χ1v) is 27.2. The molecular weight excluding hydrogens is 1140 g/mol. The molecule has 0 heterocycles. The van der Waals surface area contributed by atoms with Crippen molar-refractivity contribution in [3.8, 4) is 0 Å². The summed E-state index contributed by atoms with van der Waals surface area (Å²) < 4.78 is 112. The van der Waals surface area contributed by atoms with Gasteiger partial charge in [-0.25, -0.2) is 0 Å². The van der Waals surface area contributed by atoms with E-state index in [1.807, 2.05) is 11.8 Å². The molecule has 0 aliphatic heterocycles. The van der Waals surface area contributed by atoms with Gasteiger partial charge in [-0.3, -0.25) is 4.79 Å². The lowest BCUT2D eigenvalue weighted by Crippen LogP contribution is -3.00. The van der Waals surface area contributed by atoms with Crippen molar-refractivity contribution in [1.82, 2.24) is 0 Å². The number of hydrogen-bond donors (Lipinski definition) is 0. The van der Waals surface area contributed by atoms with E-state index in [1.165, 1.54) is 58.4 Å². The van der Waals surface area contributed by atoms with Crippen LogP contribution in [0.4, 0.5) is 39.5 Å². The number of rotatable bonds is 10. The maximum atomic E-state index is 12.7. The highest BCUT2D eigenvalue weighted by Crippen LogP contribution is 2.57. The molecule has 0 saturated carbocycles. The molecule has 0 bridgehead atoms. The Morgan fingerprint density at radius 2 is 0.710 bits per heavy atom. The van der Waals surface area contributed by atoms with Crippen LogP contribution in [0.2, 0.25) is 30.1 Å². The predicted octanol–water partition coefficient (Wildman–Crippen LogP) is 15.6. The summed E-state index contributed by atoms with van der Waals surface area (Å²) >= 11 is 37.4. The van der Waals surface area contributed by atoms with Crippen molar-refractivity contribution in [2.75, 3.05) is 24.3 Å². The summed E-state index contributed by atoms with van der Waals surface area (Å²) in [5.74, 6) is -1.96. The number of halogens is 16. The highest BCUT2D eigenvalue weighted by Gasteiger charge is 2.45. The van der Waals surface area contributed by atoms with Gasteiger partial charge in [-0.2, -0.15) is 39.5 Å². The van der Waals surface area contributed by atoms with Crippen LogP contribution in [0.3, 0.4) is 0 Å². The molecule has 6 rings (SSSR count).